The molecule has 1 heterocycles. The molecule has 0 bridgehead atoms. The van der Waals surface area contributed by atoms with Crippen LogP contribution in [0.5, 0.6) is 0 Å². The SMILES string of the molecule is Cc1cc(N2CCOC(CC(=O)O)C2)c(Br)cc1[N+](=O)[O-]. The van der Waals surface area contributed by atoms with E-state index < -0.39 is 10.9 Å². The third-order valence-electron chi connectivity index (χ3n) is 3.34. The number of anilines is 1. The Kier molecular flexibility index (Phi) is 4.79. The smallest absolute Gasteiger partial charge is 0.306 e. The average molecular weight is 359 g/mol. The normalized spacial score (nSPS) is 18.6. The van der Waals surface area contributed by atoms with Gasteiger partial charge in [0.2, 0.25) is 0 Å². The zero-order valence-electron chi connectivity index (χ0n) is 11.4. The van der Waals surface area contributed by atoms with Crippen LogP contribution < -0.4 is 4.90 Å². The lowest BCUT2D eigenvalue weighted by Gasteiger charge is -2.34. The second kappa shape index (κ2) is 6.40. The minimum atomic E-state index is -0.902. The van der Waals surface area contributed by atoms with E-state index in [0.29, 0.717) is 29.7 Å². The molecule has 1 aromatic rings. The molecular formula is C13H15BrN2O5. The number of carboxylic acids is 1. The summed E-state index contributed by atoms with van der Waals surface area (Å²) in [5, 5.41) is 19.8. The van der Waals surface area contributed by atoms with E-state index in [1.165, 1.54) is 6.07 Å². The molecule has 1 N–H and O–H groups in total. The van der Waals surface area contributed by atoms with Crippen LogP contribution in [-0.2, 0) is 9.53 Å². The summed E-state index contributed by atoms with van der Waals surface area (Å²) >= 11 is 3.35. The molecule has 0 amide bonds. The van der Waals surface area contributed by atoms with Gasteiger partial charge in [0.1, 0.15) is 0 Å². The van der Waals surface area contributed by atoms with Crippen LogP contribution in [0.4, 0.5) is 11.4 Å². The molecule has 21 heavy (non-hydrogen) atoms. The van der Waals surface area contributed by atoms with E-state index in [0.717, 1.165) is 5.69 Å². The summed E-state index contributed by atoms with van der Waals surface area (Å²) in [7, 11) is 0. The van der Waals surface area contributed by atoms with Gasteiger partial charge in [-0.15, -0.1) is 0 Å². The Morgan fingerprint density at radius 2 is 2.33 bits per heavy atom. The first-order valence-corrected chi connectivity index (χ1v) is 7.20. The second-order valence-electron chi connectivity index (χ2n) is 4.88. The maximum absolute atomic E-state index is 10.9. The molecule has 1 aliphatic rings. The minimum absolute atomic E-state index is 0.0555. The molecule has 1 atom stereocenters. The van der Waals surface area contributed by atoms with E-state index >= 15 is 0 Å². The Balaban J connectivity index is 2.23. The molecule has 1 aromatic carbocycles. The van der Waals surface area contributed by atoms with Crippen molar-refractivity contribution in [1.29, 1.82) is 0 Å². The first kappa shape index (κ1) is 15.7. The Bertz CT molecular complexity index is 578. The third kappa shape index (κ3) is 3.70. The molecule has 2 rings (SSSR count). The van der Waals surface area contributed by atoms with E-state index in [-0.39, 0.29) is 18.2 Å². The number of halogens is 1. The molecule has 0 aromatic heterocycles. The van der Waals surface area contributed by atoms with Gasteiger partial charge in [-0.3, -0.25) is 14.9 Å². The lowest BCUT2D eigenvalue weighted by atomic mass is 10.1. The number of hydrogen-bond acceptors (Lipinski definition) is 5. The molecule has 1 unspecified atom stereocenters. The monoisotopic (exact) mass is 358 g/mol. The van der Waals surface area contributed by atoms with Crippen LogP contribution in [0.25, 0.3) is 0 Å². The van der Waals surface area contributed by atoms with Crippen LogP contribution >= 0.6 is 15.9 Å². The third-order valence-corrected chi connectivity index (χ3v) is 3.98. The zero-order chi connectivity index (χ0) is 15.6. The first-order chi connectivity index (χ1) is 9.88. The fraction of sp³-hybridized carbons (Fsp3) is 0.462. The number of aryl methyl sites for hydroxylation is 1. The van der Waals surface area contributed by atoms with E-state index in [9.17, 15) is 14.9 Å². The fourth-order valence-electron chi connectivity index (χ4n) is 2.35. The Morgan fingerprint density at radius 1 is 1.62 bits per heavy atom. The lowest BCUT2D eigenvalue weighted by Crippen LogP contribution is -2.43. The molecule has 0 aliphatic carbocycles. The summed E-state index contributed by atoms with van der Waals surface area (Å²) in [6, 6.07) is 3.22. The lowest BCUT2D eigenvalue weighted by molar-refractivity contribution is -0.385. The Morgan fingerprint density at radius 3 is 2.95 bits per heavy atom. The molecule has 0 spiro atoms. The maximum Gasteiger partial charge on any atom is 0.306 e. The topological polar surface area (TPSA) is 92.9 Å². The highest BCUT2D eigenvalue weighted by molar-refractivity contribution is 9.10. The number of carboxylic acid groups (broad SMARTS) is 1. The van der Waals surface area contributed by atoms with Crippen LogP contribution in [0, 0.1) is 17.0 Å². The molecule has 7 nitrogen and oxygen atoms in total. The van der Waals surface area contributed by atoms with Crippen molar-refractivity contribution in [2.75, 3.05) is 24.6 Å². The molecule has 114 valence electrons. The van der Waals surface area contributed by atoms with E-state index in [2.05, 4.69) is 15.9 Å². The van der Waals surface area contributed by atoms with Gasteiger partial charge in [0.05, 0.1) is 29.7 Å². The van der Waals surface area contributed by atoms with Gasteiger partial charge in [-0.1, -0.05) is 0 Å². The number of benzene rings is 1. The van der Waals surface area contributed by atoms with Crippen LogP contribution in [0.1, 0.15) is 12.0 Å². The highest BCUT2D eigenvalue weighted by Crippen LogP contribution is 2.34. The van der Waals surface area contributed by atoms with Crippen molar-refractivity contribution in [3.8, 4) is 0 Å². The van der Waals surface area contributed by atoms with Crippen molar-refractivity contribution in [3.63, 3.8) is 0 Å². The van der Waals surface area contributed by atoms with Crippen molar-refractivity contribution in [1.82, 2.24) is 0 Å². The van der Waals surface area contributed by atoms with Gasteiger partial charge in [0.25, 0.3) is 5.69 Å². The summed E-state index contributed by atoms with van der Waals surface area (Å²) in [5.41, 5.74) is 1.44. The molecule has 0 radical (unpaired) electrons. The van der Waals surface area contributed by atoms with Gasteiger partial charge in [-0.2, -0.15) is 0 Å². The van der Waals surface area contributed by atoms with Crippen molar-refractivity contribution in [2.45, 2.75) is 19.4 Å². The van der Waals surface area contributed by atoms with Crippen LogP contribution in [0.15, 0.2) is 16.6 Å². The first-order valence-electron chi connectivity index (χ1n) is 6.41. The number of nitrogens with zero attached hydrogens (tertiary/aromatic N) is 2. The molecule has 1 aliphatic heterocycles. The Hall–Kier alpha value is -1.67. The molecule has 0 saturated carbocycles. The summed E-state index contributed by atoms with van der Waals surface area (Å²) < 4.78 is 6.05. The highest BCUT2D eigenvalue weighted by Gasteiger charge is 2.25. The standard InChI is InChI=1S/C13H15BrN2O5/c1-8-4-12(10(14)6-11(8)16(19)20)15-2-3-21-9(7-15)5-13(17)18/h4,6,9H,2-3,5,7H2,1H3,(H,17,18). The number of morpholine rings is 1. The van der Waals surface area contributed by atoms with E-state index in [1.54, 1.807) is 13.0 Å². The van der Waals surface area contributed by atoms with Crippen LogP contribution in [-0.4, -0.2) is 41.8 Å². The maximum atomic E-state index is 10.9. The van der Waals surface area contributed by atoms with Crippen molar-refractivity contribution < 1.29 is 19.6 Å². The van der Waals surface area contributed by atoms with Gasteiger partial charge >= 0.3 is 5.97 Å². The molecular weight excluding hydrogens is 344 g/mol. The quantitative estimate of drug-likeness (QED) is 0.655. The van der Waals surface area contributed by atoms with Gasteiger partial charge < -0.3 is 14.7 Å². The fourth-order valence-corrected chi connectivity index (χ4v) is 2.93. The summed E-state index contributed by atoms with van der Waals surface area (Å²) in [4.78, 5) is 23.3. The van der Waals surface area contributed by atoms with E-state index in [4.69, 9.17) is 9.84 Å². The number of aliphatic carboxylic acids is 1. The number of hydrogen-bond donors (Lipinski definition) is 1. The van der Waals surface area contributed by atoms with E-state index in [1.807, 2.05) is 4.90 Å². The predicted molar refractivity (Wildman–Crippen MR) is 79.7 cm³/mol. The predicted octanol–water partition coefficient (Wildman–Crippen LogP) is 2.35. The van der Waals surface area contributed by atoms with Crippen molar-refractivity contribution >= 4 is 33.3 Å². The summed E-state index contributed by atoms with van der Waals surface area (Å²) in [6.07, 6.45) is -0.432. The number of carbonyl (C=O) groups is 1. The number of nitro groups is 1. The molecule has 1 saturated heterocycles. The summed E-state index contributed by atoms with van der Waals surface area (Å²) in [5.74, 6) is -0.902. The minimum Gasteiger partial charge on any atom is -0.481 e. The second-order valence-corrected chi connectivity index (χ2v) is 5.74. The number of ether oxygens (including phenoxy) is 1. The van der Waals surface area contributed by atoms with Gasteiger partial charge in [0, 0.05) is 29.2 Å². The van der Waals surface area contributed by atoms with Gasteiger partial charge in [0.15, 0.2) is 0 Å². The van der Waals surface area contributed by atoms with Crippen LogP contribution in [0.2, 0.25) is 0 Å². The van der Waals surface area contributed by atoms with Crippen LogP contribution in [0.3, 0.4) is 0 Å². The van der Waals surface area contributed by atoms with Gasteiger partial charge in [-0.25, -0.2) is 0 Å². The van der Waals surface area contributed by atoms with Crippen molar-refractivity contribution in [3.05, 3.63) is 32.3 Å². The van der Waals surface area contributed by atoms with Gasteiger partial charge in [-0.05, 0) is 28.9 Å². The summed E-state index contributed by atoms with van der Waals surface area (Å²) in [6.45, 7) is 3.18. The average Bonchev–Trinajstić information content (AvgIpc) is 2.40. The molecule has 8 heteroatoms. The number of rotatable bonds is 4. The Labute approximate surface area is 129 Å². The highest BCUT2D eigenvalue weighted by atomic mass is 79.9. The molecule has 1 fully saturated rings. The van der Waals surface area contributed by atoms with Crippen molar-refractivity contribution in [2.24, 2.45) is 0 Å². The number of nitro benzene ring substituents is 1. The largest absolute Gasteiger partial charge is 0.481 e. The zero-order valence-corrected chi connectivity index (χ0v) is 13.0.